The van der Waals surface area contributed by atoms with Crippen molar-refractivity contribution < 1.29 is 14.4 Å². The van der Waals surface area contributed by atoms with Crippen molar-refractivity contribution in [3.05, 3.63) is 71.3 Å². The van der Waals surface area contributed by atoms with Crippen LogP contribution in [-0.4, -0.2) is 46.6 Å². The maximum Gasteiger partial charge on any atom is 0.325 e. The third kappa shape index (κ3) is 2.73. The Hall–Kier alpha value is -3.48. The van der Waals surface area contributed by atoms with Crippen LogP contribution in [0.1, 0.15) is 29.5 Å². The summed E-state index contributed by atoms with van der Waals surface area (Å²) in [6, 6.07) is 16.8. The third-order valence-corrected chi connectivity index (χ3v) is 5.91. The first-order chi connectivity index (χ1) is 14.1. The fourth-order valence-electron chi connectivity index (χ4n) is 4.42. The van der Waals surface area contributed by atoms with Gasteiger partial charge in [0.2, 0.25) is 0 Å². The summed E-state index contributed by atoms with van der Waals surface area (Å²) >= 11 is 0. The van der Waals surface area contributed by atoms with Gasteiger partial charge >= 0.3 is 6.03 Å². The number of nitrogens with zero attached hydrogens (tertiary/aromatic N) is 3. The van der Waals surface area contributed by atoms with E-state index in [9.17, 15) is 14.4 Å². The van der Waals surface area contributed by atoms with E-state index in [1.807, 2.05) is 54.6 Å². The Morgan fingerprint density at radius 2 is 1.79 bits per heavy atom. The average molecular weight is 388 g/mol. The molecule has 1 fully saturated rings. The zero-order chi connectivity index (χ0) is 20.0. The predicted octanol–water partition coefficient (Wildman–Crippen LogP) is 2.02. The van der Waals surface area contributed by atoms with E-state index in [0.29, 0.717) is 19.4 Å². The van der Waals surface area contributed by atoms with Crippen LogP contribution in [0.2, 0.25) is 0 Å². The van der Waals surface area contributed by atoms with Gasteiger partial charge in [-0.3, -0.25) is 14.5 Å². The van der Waals surface area contributed by atoms with Gasteiger partial charge in [-0.1, -0.05) is 54.6 Å². The highest BCUT2D eigenvalue weighted by molar-refractivity contribution is 6.10. The van der Waals surface area contributed by atoms with Crippen LogP contribution in [0.4, 0.5) is 4.79 Å². The molecular weight excluding hydrogens is 368 g/mol. The van der Waals surface area contributed by atoms with E-state index in [1.54, 1.807) is 0 Å². The number of rotatable bonds is 3. The molecule has 1 spiro atoms. The van der Waals surface area contributed by atoms with E-state index in [4.69, 9.17) is 0 Å². The Morgan fingerprint density at radius 1 is 1.03 bits per heavy atom. The molecule has 1 atom stereocenters. The van der Waals surface area contributed by atoms with Gasteiger partial charge < -0.3 is 5.32 Å². The van der Waals surface area contributed by atoms with Crippen molar-refractivity contribution in [3.63, 3.8) is 0 Å². The van der Waals surface area contributed by atoms with Crippen LogP contribution >= 0.6 is 0 Å². The second-order valence-electron chi connectivity index (χ2n) is 7.56. The van der Waals surface area contributed by atoms with Crippen molar-refractivity contribution in [2.24, 2.45) is 5.10 Å². The largest absolute Gasteiger partial charge is 0.325 e. The normalized spacial score (nSPS) is 22.8. The lowest BCUT2D eigenvalue weighted by molar-refractivity contribution is -0.138. The molecule has 1 unspecified atom stereocenters. The zero-order valence-corrected chi connectivity index (χ0v) is 15.8. The van der Waals surface area contributed by atoms with Crippen molar-refractivity contribution in [2.45, 2.75) is 24.8 Å². The third-order valence-electron chi connectivity index (χ3n) is 5.91. The summed E-state index contributed by atoms with van der Waals surface area (Å²) in [6.07, 6.45) is 1.88. The Labute approximate surface area is 168 Å². The molecule has 29 heavy (non-hydrogen) atoms. The lowest BCUT2D eigenvalue weighted by Crippen LogP contribution is -2.43. The van der Waals surface area contributed by atoms with E-state index in [1.165, 1.54) is 5.01 Å². The Morgan fingerprint density at radius 3 is 2.62 bits per heavy atom. The van der Waals surface area contributed by atoms with Gasteiger partial charge in [0, 0.05) is 6.42 Å². The summed E-state index contributed by atoms with van der Waals surface area (Å²) in [7, 11) is 0. The molecule has 2 aromatic carbocycles. The van der Waals surface area contributed by atoms with Gasteiger partial charge in [0.15, 0.2) is 0 Å². The fraction of sp³-hybridized carbons (Fsp3) is 0.273. The van der Waals surface area contributed by atoms with Gasteiger partial charge in [0.05, 0.1) is 12.3 Å². The molecule has 2 aliphatic heterocycles. The molecule has 1 N–H and O–H groups in total. The second kappa shape index (κ2) is 6.55. The summed E-state index contributed by atoms with van der Waals surface area (Å²) < 4.78 is 0. The maximum absolute atomic E-state index is 13.2. The number of aryl methyl sites for hydroxylation is 1. The number of fused-ring (bicyclic) bond motifs is 2. The maximum atomic E-state index is 13.2. The van der Waals surface area contributed by atoms with Crippen LogP contribution in [0.5, 0.6) is 0 Å². The summed E-state index contributed by atoms with van der Waals surface area (Å²) in [5.41, 5.74) is 2.65. The van der Waals surface area contributed by atoms with Gasteiger partial charge in [0.25, 0.3) is 11.8 Å². The molecule has 1 saturated heterocycles. The molecule has 146 valence electrons. The van der Waals surface area contributed by atoms with Gasteiger partial charge in [0.1, 0.15) is 12.1 Å². The van der Waals surface area contributed by atoms with Gasteiger partial charge in [-0.05, 0) is 29.5 Å². The van der Waals surface area contributed by atoms with Crippen LogP contribution < -0.4 is 5.32 Å². The number of carbonyl (C=O) groups excluding carboxylic acids is 3. The van der Waals surface area contributed by atoms with Crippen molar-refractivity contribution in [1.82, 2.24) is 15.2 Å². The van der Waals surface area contributed by atoms with Gasteiger partial charge in [-0.15, -0.1) is 0 Å². The quantitative estimate of drug-likeness (QED) is 0.817. The lowest BCUT2D eigenvalue weighted by Gasteiger charge is -2.22. The molecule has 0 bridgehead atoms. The molecular formula is C22H20N4O3. The monoisotopic (exact) mass is 388 g/mol. The van der Waals surface area contributed by atoms with Crippen LogP contribution in [0.15, 0.2) is 59.7 Å². The van der Waals surface area contributed by atoms with Crippen LogP contribution in [0.3, 0.4) is 0 Å². The molecule has 2 heterocycles. The van der Waals surface area contributed by atoms with Crippen molar-refractivity contribution in [1.29, 1.82) is 0 Å². The van der Waals surface area contributed by atoms with Crippen LogP contribution in [0, 0.1) is 0 Å². The number of urea groups is 1. The molecule has 1 aliphatic carbocycles. The summed E-state index contributed by atoms with van der Waals surface area (Å²) in [4.78, 5) is 39.5. The number of nitrogens with one attached hydrogen (secondary N) is 1. The SMILES string of the molecule is O=C(CN1C(=O)NC2(CCc3ccccc32)C1=O)N1CCC(c2ccccc2)=N1. The molecule has 0 radical (unpaired) electrons. The molecule has 2 aromatic rings. The summed E-state index contributed by atoms with van der Waals surface area (Å²) in [6.45, 7) is 0.140. The number of hydrogen-bond acceptors (Lipinski definition) is 4. The van der Waals surface area contributed by atoms with Crippen molar-refractivity contribution >= 4 is 23.6 Å². The number of hydrazone groups is 1. The highest BCUT2D eigenvalue weighted by atomic mass is 16.2. The highest BCUT2D eigenvalue weighted by Crippen LogP contribution is 2.41. The minimum absolute atomic E-state index is 0.305. The average Bonchev–Trinajstić information content (AvgIpc) is 3.44. The molecule has 0 saturated carbocycles. The Kier molecular flexibility index (Phi) is 3.97. The minimum Gasteiger partial charge on any atom is -0.319 e. The molecule has 7 heteroatoms. The van der Waals surface area contributed by atoms with E-state index < -0.39 is 11.6 Å². The number of carbonyl (C=O) groups is 3. The topological polar surface area (TPSA) is 82.1 Å². The number of benzene rings is 2. The molecule has 5 rings (SSSR count). The van der Waals surface area contributed by atoms with E-state index in [0.717, 1.165) is 33.7 Å². The number of amides is 4. The molecule has 3 aliphatic rings. The van der Waals surface area contributed by atoms with Crippen LogP contribution in [0.25, 0.3) is 0 Å². The predicted molar refractivity (Wildman–Crippen MR) is 106 cm³/mol. The molecule has 0 aromatic heterocycles. The lowest BCUT2D eigenvalue weighted by atomic mass is 9.92. The standard InChI is InChI=1S/C22H20N4O3/c27-19(26-13-11-18(24-26)16-7-2-1-3-8-16)14-25-20(28)22(23-21(25)29)12-10-15-6-4-5-9-17(15)22/h1-9H,10-14H2,(H,23,29). The first kappa shape index (κ1) is 17.6. The summed E-state index contributed by atoms with van der Waals surface area (Å²) in [5.74, 6) is -0.713. The van der Waals surface area contributed by atoms with E-state index >= 15 is 0 Å². The summed E-state index contributed by atoms with van der Waals surface area (Å²) in [5, 5.41) is 8.61. The molecule has 4 amide bonds. The van der Waals surface area contributed by atoms with Crippen molar-refractivity contribution in [2.75, 3.05) is 13.1 Å². The second-order valence-corrected chi connectivity index (χ2v) is 7.56. The smallest absolute Gasteiger partial charge is 0.319 e. The zero-order valence-electron chi connectivity index (χ0n) is 15.8. The van der Waals surface area contributed by atoms with Crippen LogP contribution in [-0.2, 0) is 21.5 Å². The van der Waals surface area contributed by atoms with Gasteiger partial charge in [-0.2, -0.15) is 5.10 Å². The fourth-order valence-corrected chi connectivity index (χ4v) is 4.42. The van der Waals surface area contributed by atoms with Crippen molar-refractivity contribution in [3.8, 4) is 0 Å². The van der Waals surface area contributed by atoms with E-state index in [2.05, 4.69) is 10.4 Å². The first-order valence-corrected chi connectivity index (χ1v) is 9.74. The van der Waals surface area contributed by atoms with E-state index in [-0.39, 0.29) is 18.4 Å². The molecule has 7 nitrogen and oxygen atoms in total. The number of imide groups is 1. The Balaban J connectivity index is 1.34. The highest BCUT2D eigenvalue weighted by Gasteiger charge is 2.55. The van der Waals surface area contributed by atoms with Gasteiger partial charge in [-0.25, -0.2) is 9.80 Å². The first-order valence-electron chi connectivity index (χ1n) is 9.74. The minimum atomic E-state index is -1.04. The Bertz CT molecular complexity index is 1050. The number of hydrogen-bond donors (Lipinski definition) is 1.